The standard InChI is InChI=1S/C15H24N2OS/c1-4-6-11-17(12-7-5-2)15(18)19-14-13(3)9-8-10-16-14/h8-10H,4-7,11-12H2,1-3H3. The molecule has 1 heterocycles. The molecule has 0 saturated heterocycles. The van der Waals surface area contributed by atoms with Crippen LogP contribution in [0, 0.1) is 6.92 Å². The second-order valence-electron chi connectivity index (χ2n) is 4.69. The third kappa shape index (κ3) is 5.64. The van der Waals surface area contributed by atoms with Crippen LogP contribution < -0.4 is 0 Å². The highest BCUT2D eigenvalue weighted by atomic mass is 32.2. The molecule has 0 fully saturated rings. The lowest BCUT2D eigenvalue weighted by Crippen LogP contribution is -2.29. The molecule has 0 unspecified atom stereocenters. The second kappa shape index (κ2) is 8.97. The smallest absolute Gasteiger partial charge is 0.287 e. The van der Waals surface area contributed by atoms with Crippen molar-refractivity contribution in [1.29, 1.82) is 0 Å². The minimum atomic E-state index is 0.128. The number of thioether (sulfide) groups is 1. The molecule has 0 aliphatic carbocycles. The van der Waals surface area contributed by atoms with Crippen molar-refractivity contribution >= 4 is 17.0 Å². The minimum absolute atomic E-state index is 0.128. The van der Waals surface area contributed by atoms with E-state index in [-0.39, 0.29) is 5.24 Å². The molecule has 1 aromatic heterocycles. The molecule has 0 aromatic carbocycles. The van der Waals surface area contributed by atoms with Gasteiger partial charge in [0.05, 0.1) is 0 Å². The van der Waals surface area contributed by atoms with Crippen LogP contribution in [0.3, 0.4) is 0 Å². The number of hydrogen-bond donors (Lipinski definition) is 0. The number of nitrogens with zero attached hydrogens (tertiary/aromatic N) is 2. The van der Waals surface area contributed by atoms with Crippen molar-refractivity contribution in [2.45, 2.75) is 51.5 Å². The molecule has 0 bridgehead atoms. The zero-order chi connectivity index (χ0) is 14.1. The zero-order valence-corrected chi connectivity index (χ0v) is 13.0. The Hall–Kier alpha value is -1.03. The van der Waals surface area contributed by atoms with Gasteiger partial charge in [0, 0.05) is 19.3 Å². The number of pyridine rings is 1. The maximum Gasteiger partial charge on any atom is 0.287 e. The Bertz CT molecular complexity index is 387. The fourth-order valence-corrected chi connectivity index (χ4v) is 2.54. The maximum absolute atomic E-state index is 12.3. The number of aryl methyl sites for hydroxylation is 1. The van der Waals surface area contributed by atoms with Crippen LogP contribution in [0.4, 0.5) is 4.79 Å². The molecular weight excluding hydrogens is 256 g/mol. The van der Waals surface area contributed by atoms with Crippen LogP contribution >= 0.6 is 11.8 Å². The van der Waals surface area contributed by atoms with E-state index in [0.29, 0.717) is 0 Å². The predicted molar refractivity (Wildman–Crippen MR) is 81.6 cm³/mol. The summed E-state index contributed by atoms with van der Waals surface area (Å²) in [5.74, 6) is 0. The van der Waals surface area contributed by atoms with E-state index in [4.69, 9.17) is 0 Å². The van der Waals surface area contributed by atoms with Gasteiger partial charge in [-0.3, -0.25) is 4.79 Å². The van der Waals surface area contributed by atoms with Crippen molar-refractivity contribution < 1.29 is 4.79 Å². The van der Waals surface area contributed by atoms with Crippen LogP contribution in [-0.2, 0) is 0 Å². The second-order valence-corrected chi connectivity index (χ2v) is 5.63. The molecule has 3 nitrogen and oxygen atoms in total. The van der Waals surface area contributed by atoms with E-state index in [1.54, 1.807) is 6.20 Å². The van der Waals surface area contributed by atoms with Crippen molar-refractivity contribution in [3.8, 4) is 0 Å². The highest BCUT2D eigenvalue weighted by Crippen LogP contribution is 2.22. The first-order valence-corrected chi connectivity index (χ1v) is 7.89. The van der Waals surface area contributed by atoms with Crippen molar-refractivity contribution in [1.82, 2.24) is 9.88 Å². The Balaban J connectivity index is 2.62. The highest BCUT2D eigenvalue weighted by Gasteiger charge is 2.15. The topological polar surface area (TPSA) is 33.2 Å². The molecule has 0 aliphatic heterocycles. The van der Waals surface area contributed by atoms with Gasteiger partial charge in [-0.05, 0) is 43.2 Å². The monoisotopic (exact) mass is 280 g/mol. The molecule has 106 valence electrons. The van der Waals surface area contributed by atoms with Crippen LogP contribution in [0.1, 0.15) is 45.1 Å². The van der Waals surface area contributed by atoms with E-state index in [9.17, 15) is 4.79 Å². The van der Waals surface area contributed by atoms with Gasteiger partial charge < -0.3 is 4.90 Å². The van der Waals surface area contributed by atoms with E-state index in [2.05, 4.69) is 18.8 Å². The van der Waals surface area contributed by atoms with Crippen LogP contribution in [0.2, 0.25) is 0 Å². The average molecular weight is 280 g/mol. The summed E-state index contributed by atoms with van der Waals surface area (Å²) in [7, 11) is 0. The number of amides is 1. The Morgan fingerprint density at radius 3 is 2.42 bits per heavy atom. The van der Waals surface area contributed by atoms with Gasteiger partial charge in [0.2, 0.25) is 0 Å². The fraction of sp³-hybridized carbons (Fsp3) is 0.600. The summed E-state index contributed by atoms with van der Waals surface area (Å²) in [6, 6.07) is 3.89. The largest absolute Gasteiger partial charge is 0.333 e. The van der Waals surface area contributed by atoms with E-state index in [1.807, 2.05) is 24.0 Å². The van der Waals surface area contributed by atoms with Crippen LogP contribution in [0.5, 0.6) is 0 Å². The number of carbonyl (C=O) groups excluding carboxylic acids is 1. The summed E-state index contributed by atoms with van der Waals surface area (Å²) < 4.78 is 0. The van der Waals surface area contributed by atoms with Gasteiger partial charge in [0.1, 0.15) is 5.03 Å². The van der Waals surface area contributed by atoms with Crippen molar-refractivity contribution in [2.75, 3.05) is 13.1 Å². The molecule has 1 amide bonds. The van der Waals surface area contributed by atoms with E-state index in [0.717, 1.165) is 49.4 Å². The average Bonchev–Trinajstić information content (AvgIpc) is 2.41. The summed E-state index contributed by atoms with van der Waals surface area (Å²) in [6.45, 7) is 8.00. The van der Waals surface area contributed by atoms with Gasteiger partial charge in [0.15, 0.2) is 0 Å². The van der Waals surface area contributed by atoms with Gasteiger partial charge in [-0.25, -0.2) is 4.98 Å². The Morgan fingerprint density at radius 1 is 1.26 bits per heavy atom. The molecule has 4 heteroatoms. The van der Waals surface area contributed by atoms with Gasteiger partial charge in [-0.1, -0.05) is 32.8 Å². The van der Waals surface area contributed by atoms with Gasteiger partial charge in [-0.15, -0.1) is 0 Å². The van der Waals surface area contributed by atoms with Crippen molar-refractivity contribution in [3.63, 3.8) is 0 Å². The third-order valence-corrected chi connectivity index (χ3v) is 4.02. The molecule has 0 spiro atoms. The Morgan fingerprint density at radius 2 is 1.89 bits per heavy atom. The number of unbranched alkanes of at least 4 members (excludes halogenated alkanes) is 2. The molecule has 0 N–H and O–H groups in total. The Labute approximate surface area is 120 Å². The maximum atomic E-state index is 12.3. The number of carbonyl (C=O) groups is 1. The minimum Gasteiger partial charge on any atom is -0.333 e. The lowest BCUT2D eigenvalue weighted by atomic mass is 10.3. The first-order valence-electron chi connectivity index (χ1n) is 7.07. The van der Waals surface area contributed by atoms with E-state index < -0.39 is 0 Å². The van der Waals surface area contributed by atoms with Gasteiger partial charge in [-0.2, -0.15) is 0 Å². The highest BCUT2D eigenvalue weighted by molar-refractivity contribution is 8.13. The molecule has 0 saturated carbocycles. The van der Waals surface area contributed by atoms with Crippen molar-refractivity contribution in [2.24, 2.45) is 0 Å². The van der Waals surface area contributed by atoms with Crippen LogP contribution in [0.15, 0.2) is 23.4 Å². The van der Waals surface area contributed by atoms with Gasteiger partial charge in [0.25, 0.3) is 5.24 Å². The summed E-state index contributed by atoms with van der Waals surface area (Å²) >= 11 is 1.26. The normalized spacial score (nSPS) is 10.5. The number of hydrogen-bond acceptors (Lipinski definition) is 3. The lowest BCUT2D eigenvalue weighted by Gasteiger charge is -2.21. The number of aromatic nitrogens is 1. The van der Waals surface area contributed by atoms with E-state index in [1.165, 1.54) is 11.8 Å². The number of rotatable bonds is 7. The first-order chi connectivity index (χ1) is 9.19. The van der Waals surface area contributed by atoms with Gasteiger partial charge >= 0.3 is 0 Å². The summed E-state index contributed by atoms with van der Waals surface area (Å²) in [4.78, 5) is 18.6. The summed E-state index contributed by atoms with van der Waals surface area (Å²) in [5, 5.41) is 0.953. The lowest BCUT2D eigenvalue weighted by molar-refractivity contribution is 0.221. The molecule has 1 aromatic rings. The predicted octanol–water partition coefficient (Wildman–Crippen LogP) is 4.50. The van der Waals surface area contributed by atoms with Crippen LogP contribution in [-0.4, -0.2) is 28.2 Å². The quantitative estimate of drug-likeness (QED) is 0.689. The molecule has 0 aliphatic rings. The SMILES string of the molecule is CCCCN(CCCC)C(=O)Sc1ncccc1C. The molecule has 0 atom stereocenters. The van der Waals surface area contributed by atoms with E-state index >= 15 is 0 Å². The van der Waals surface area contributed by atoms with Crippen LogP contribution in [0.25, 0.3) is 0 Å². The molecular formula is C15H24N2OS. The molecule has 19 heavy (non-hydrogen) atoms. The van der Waals surface area contributed by atoms with Crippen molar-refractivity contribution in [3.05, 3.63) is 23.9 Å². The molecule has 1 rings (SSSR count). The molecule has 0 radical (unpaired) electrons. The third-order valence-electron chi connectivity index (χ3n) is 2.97. The fourth-order valence-electron chi connectivity index (χ4n) is 1.72. The Kier molecular flexibility index (Phi) is 7.56. The summed E-state index contributed by atoms with van der Waals surface area (Å²) in [5.41, 5.74) is 1.06. The zero-order valence-electron chi connectivity index (χ0n) is 12.2. The summed E-state index contributed by atoms with van der Waals surface area (Å²) in [6.07, 6.45) is 6.10. The first kappa shape index (κ1) is 16.0.